The molecule has 0 atom stereocenters. The molecule has 0 aliphatic rings. The van der Waals surface area contributed by atoms with Crippen LogP contribution >= 0.6 is 0 Å². The molecule has 0 aromatic heterocycles. The van der Waals surface area contributed by atoms with Crippen LogP contribution in [0.15, 0.2) is 48.5 Å². The Bertz CT molecular complexity index is 738. The molecule has 1 amide bonds. The minimum Gasteiger partial charge on any atom is -0.491 e. The quantitative estimate of drug-likeness (QED) is 0.838. The maximum Gasteiger partial charge on any atom is 0.335 e. The van der Waals surface area contributed by atoms with E-state index < -0.39 is 5.97 Å². The van der Waals surface area contributed by atoms with Crippen molar-refractivity contribution in [3.63, 3.8) is 0 Å². The number of carbonyl (C=O) groups is 2. The number of benzene rings is 2. The zero-order valence-corrected chi connectivity index (χ0v) is 14.7. The van der Waals surface area contributed by atoms with Gasteiger partial charge in [0.25, 0.3) is 0 Å². The van der Waals surface area contributed by atoms with Gasteiger partial charge in [0.2, 0.25) is 5.91 Å². The fourth-order valence-corrected chi connectivity index (χ4v) is 2.43. The molecule has 2 aromatic rings. The molecule has 0 heterocycles. The highest BCUT2D eigenvalue weighted by Crippen LogP contribution is 2.16. The molecule has 0 unspecified atom stereocenters. The van der Waals surface area contributed by atoms with Crippen molar-refractivity contribution < 1.29 is 19.4 Å². The number of carboxylic acid groups (broad SMARTS) is 1. The molecule has 25 heavy (non-hydrogen) atoms. The van der Waals surface area contributed by atoms with E-state index >= 15 is 0 Å². The lowest BCUT2D eigenvalue weighted by molar-refractivity contribution is -0.129. The van der Waals surface area contributed by atoms with Crippen molar-refractivity contribution in [2.24, 2.45) is 0 Å². The van der Waals surface area contributed by atoms with E-state index in [0.29, 0.717) is 6.54 Å². The Labute approximate surface area is 147 Å². The number of nitrogens with zero attached hydrogens (tertiary/aromatic N) is 1. The Hall–Kier alpha value is -2.82. The van der Waals surface area contributed by atoms with Crippen LogP contribution in [0.3, 0.4) is 0 Å². The van der Waals surface area contributed by atoms with Gasteiger partial charge in [0.1, 0.15) is 5.75 Å². The zero-order chi connectivity index (χ0) is 18.4. The van der Waals surface area contributed by atoms with Gasteiger partial charge in [-0.05, 0) is 49.2 Å². The minimum absolute atomic E-state index is 0.0294. The summed E-state index contributed by atoms with van der Waals surface area (Å²) in [4.78, 5) is 24.9. The summed E-state index contributed by atoms with van der Waals surface area (Å²) in [6, 6.07) is 14.1. The SMILES string of the molecule is CC(C)Oc1cccc(CN(C)C(=O)Cc2ccc(C(=O)O)cc2)c1. The second-order valence-corrected chi connectivity index (χ2v) is 6.24. The number of hydrogen-bond acceptors (Lipinski definition) is 3. The van der Waals surface area contributed by atoms with Crippen molar-refractivity contribution in [2.45, 2.75) is 32.9 Å². The lowest BCUT2D eigenvalue weighted by Crippen LogP contribution is -2.27. The largest absolute Gasteiger partial charge is 0.491 e. The molecular formula is C20H23NO4. The third-order valence-corrected chi connectivity index (χ3v) is 3.67. The van der Waals surface area contributed by atoms with Gasteiger partial charge in [-0.1, -0.05) is 24.3 Å². The van der Waals surface area contributed by atoms with Crippen LogP contribution < -0.4 is 4.74 Å². The Kier molecular flexibility index (Phi) is 6.17. The van der Waals surface area contributed by atoms with Crippen LogP contribution in [-0.2, 0) is 17.8 Å². The second-order valence-electron chi connectivity index (χ2n) is 6.24. The van der Waals surface area contributed by atoms with Crippen LogP contribution in [0.5, 0.6) is 5.75 Å². The first kappa shape index (κ1) is 18.5. The Morgan fingerprint density at radius 1 is 1.08 bits per heavy atom. The lowest BCUT2D eigenvalue weighted by Gasteiger charge is -2.18. The summed E-state index contributed by atoms with van der Waals surface area (Å²) in [5.74, 6) is -0.214. The predicted octanol–water partition coefficient (Wildman–Crippen LogP) is 3.37. The molecule has 132 valence electrons. The molecule has 1 N–H and O–H groups in total. The maximum atomic E-state index is 12.4. The van der Waals surface area contributed by atoms with E-state index in [1.807, 2.05) is 38.1 Å². The van der Waals surface area contributed by atoms with Gasteiger partial charge >= 0.3 is 5.97 Å². The molecule has 0 aliphatic heterocycles. The number of likely N-dealkylation sites (N-methyl/N-ethyl adjacent to an activating group) is 1. The second kappa shape index (κ2) is 8.33. The molecule has 0 aliphatic carbocycles. The molecule has 0 saturated carbocycles. The van der Waals surface area contributed by atoms with Gasteiger partial charge in [-0.15, -0.1) is 0 Å². The summed E-state index contributed by atoms with van der Waals surface area (Å²) in [6.45, 7) is 4.43. The summed E-state index contributed by atoms with van der Waals surface area (Å²) in [5.41, 5.74) is 2.00. The molecule has 5 heteroatoms. The van der Waals surface area contributed by atoms with Crippen LogP contribution in [0, 0.1) is 0 Å². The first-order valence-electron chi connectivity index (χ1n) is 8.17. The fraction of sp³-hybridized carbons (Fsp3) is 0.300. The molecule has 2 rings (SSSR count). The zero-order valence-electron chi connectivity index (χ0n) is 14.7. The predicted molar refractivity (Wildman–Crippen MR) is 95.8 cm³/mol. The van der Waals surface area contributed by atoms with Crippen LogP contribution in [0.4, 0.5) is 0 Å². The molecule has 0 spiro atoms. The van der Waals surface area contributed by atoms with Gasteiger partial charge in [-0.2, -0.15) is 0 Å². The Balaban J connectivity index is 1.97. The first-order valence-corrected chi connectivity index (χ1v) is 8.17. The van der Waals surface area contributed by atoms with E-state index in [0.717, 1.165) is 16.9 Å². The molecule has 0 radical (unpaired) electrons. The summed E-state index contributed by atoms with van der Waals surface area (Å²) in [5, 5.41) is 8.90. The molecule has 0 saturated heterocycles. The summed E-state index contributed by atoms with van der Waals surface area (Å²) < 4.78 is 5.67. The highest BCUT2D eigenvalue weighted by molar-refractivity contribution is 5.87. The van der Waals surface area contributed by atoms with Gasteiger partial charge in [-0.25, -0.2) is 4.79 Å². The number of ether oxygens (including phenoxy) is 1. The van der Waals surface area contributed by atoms with Crippen LogP contribution in [0.1, 0.15) is 35.3 Å². The van der Waals surface area contributed by atoms with E-state index in [4.69, 9.17) is 9.84 Å². The maximum absolute atomic E-state index is 12.4. The van der Waals surface area contributed by atoms with Crippen molar-refractivity contribution >= 4 is 11.9 Å². The summed E-state index contributed by atoms with van der Waals surface area (Å²) in [6.07, 6.45) is 0.335. The van der Waals surface area contributed by atoms with Gasteiger partial charge < -0.3 is 14.7 Å². The van der Waals surface area contributed by atoms with Crippen LogP contribution in [0.2, 0.25) is 0 Å². The van der Waals surface area contributed by atoms with E-state index in [-0.39, 0.29) is 24.0 Å². The molecular weight excluding hydrogens is 318 g/mol. The van der Waals surface area contributed by atoms with Crippen molar-refractivity contribution in [3.8, 4) is 5.75 Å². The van der Waals surface area contributed by atoms with Crippen molar-refractivity contribution in [1.29, 1.82) is 0 Å². The number of carbonyl (C=O) groups excluding carboxylic acids is 1. The smallest absolute Gasteiger partial charge is 0.335 e. The lowest BCUT2D eigenvalue weighted by atomic mass is 10.1. The van der Waals surface area contributed by atoms with Gasteiger partial charge in [0, 0.05) is 13.6 Å². The number of carboxylic acids is 1. The summed E-state index contributed by atoms with van der Waals surface area (Å²) in [7, 11) is 1.75. The highest BCUT2D eigenvalue weighted by Gasteiger charge is 2.12. The average molecular weight is 341 g/mol. The van der Waals surface area contributed by atoms with Crippen LogP contribution in [-0.4, -0.2) is 35.0 Å². The number of amides is 1. The number of aromatic carboxylic acids is 1. The van der Waals surface area contributed by atoms with Crippen molar-refractivity contribution in [3.05, 3.63) is 65.2 Å². The van der Waals surface area contributed by atoms with E-state index in [1.54, 1.807) is 24.1 Å². The third kappa shape index (κ3) is 5.64. The molecule has 2 aromatic carbocycles. The van der Waals surface area contributed by atoms with E-state index in [1.165, 1.54) is 12.1 Å². The van der Waals surface area contributed by atoms with Crippen LogP contribution in [0.25, 0.3) is 0 Å². The van der Waals surface area contributed by atoms with E-state index in [2.05, 4.69) is 0 Å². The van der Waals surface area contributed by atoms with Gasteiger partial charge in [0.05, 0.1) is 18.1 Å². The average Bonchev–Trinajstić information content (AvgIpc) is 2.55. The van der Waals surface area contributed by atoms with Gasteiger partial charge in [0.15, 0.2) is 0 Å². The van der Waals surface area contributed by atoms with Crippen molar-refractivity contribution in [2.75, 3.05) is 7.05 Å². The standard InChI is InChI=1S/C20H23NO4/c1-14(2)25-18-6-4-5-16(11-18)13-21(3)19(22)12-15-7-9-17(10-8-15)20(23)24/h4-11,14H,12-13H2,1-3H3,(H,23,24). The topological polar surface area (TPSA) is 66.8 Å². The Morgan fingerprint density at radius 3 is 2.36 bits per heavy atom. The fourth-order valence-electron chi connectivity index (χ4n) is 2.43. The summed E-state index contributed by atoms with van der Waals surface area (Å²) >= 11 is 0. The number of hydrogen-bond donors (Lipinski definition) is 1. The minimum atomic E-state index is -0.974. The van der Waals surface area contributed by atoms with Crippen molar-refractivity contribution in [1.82, 2.24) is 4.90 Å². The van der Waals surface area contributed by atoms with E-state index in [9.17, 15) is 9.59 Å². The normalized spacial score (nSPS) is 10.6. The monoisotopic (exact) mass is 341 g/mol. The molecule has 5 nitrogen and oxygen atoms in total. The van der Waals surface area contributed by atoms with Gasteiger partial charge in [-0.3, -0.25) is 4.79 Å². The number of rotatable bonds is 7. The first-order chi connectivity index (χ1) is 11.8. The highest BCUT2D eigenvalue weighted by atomic mass is 16.5. The Morgan fingerprint density at radius 2 is 1.76 bits per heavy atom. The third-order valence-electron chi connectivity index (χ3n) is 3.67. The molecule has 0 fully saturated rings. The molecule has 0 bridgehead atoms.